The normalized spacial score (nSPS) is 16.6. The van der Waals surface area contributed by atoms with Gasteiger partial charge in [-0.2, -0.15) is 13.2 Å². The van der Waals surface area contributed by atoms with Gasteiger partial charge in [-0.05, 0) is 62.8 Å². The molecule has 0 unspecified atom stereocenters. The molecule has 1 fully saturated rings. The molecule has 0 atom stereocenters. The Hall–Kier alpha value is -3.29. The zero-order chi connectivity index (χ0) is 24.8. The van der Waals surface area contributed by atoms with Crippen LogP contribution < -0.4 is 5.32 Å². The summed E-state index contributed by atoms with van der Waals surface area (Å²) in [5, 5.41) is 3.25. The first-order chi connectivity index (χ1) is 16.8. The van der Waals surface area contributed by atoms with E-state index in [4.69, 9.17) is 0 Å². The molecule has 0 saturated carbocycles. The number of carbonyl (C=O) groups is 1. The van der Waals surface area contributed by atoms with Gasteiger partial charge in [-0.3, -0.25) is 9.78 Å². The largest absolute Gasteiger partial charge is 0.417 e. The average Bonchev–Trinajstić information content (AvgIpc) is 2.88. The second kappa shape index (κ2) is 11.0. The summed E-state index contributed by atoms with van der Waals surface area (Å²) in [6.45, 7) is 5.69. The predicted molar refractivity (Wildman–Crippen MR) is 131 cm³/mol. The molecule has 1 aliphatic carbocycles. The van der Waals surface area contributed by atoms with Crippen molar-refractivity contribution in [2.45, 2.75) is 44.7 Å². The quantitative estimate of drug-likeness (QED) is 0.499. The minimum absolute atomic E-state index is 0.309. The van der Waals surface area contributed by atoms with Crippen LogP contribution in [0.15, 0.2) is 66.6 Å². The van der Waals surface area contributed by atoms with Gasteiger partial charge in [-0.25, -0.2) is 0 Å². The molecule has 2 aliphatic rings. The van der Waals surface area contributed by atoms with Gasteiger partial charge in [0.15, 0.2) is 0 Å². The second-order valence-electron chi connectivity index (χ2n) is 9.04. The average molecular weight is 485 g/mol. The summed E-state index contributed by atoms with van der Waals surface area (Å²) in [5.41, 5.74) is 2.21. The van der Waals surface area contributed by atoms with Gasteiger partial charge < -0.3 is 15.1 Å². The standard InChI is InChI=1S/C27H31F3N4O/c1-20(32-23-14-13-22(31-19-23)12-11-21-7-3-2-4-8-21)33-15-17-34(18-16-33)26(35)24-9-5-6-10-25(24)27(28,29)30/h5-7,9-10,13-14,19,32H,1-4,8,11-12,15-18H2. The Bertz CT molecular complexity index is 1070. The number of piperazine rings is 1. The van der Waals surface area contributed by atoms with E-state index in [0.29, 0.717) is 32.0 Å². The molecule has 0 bridgehead atoms. The Kier molecular flexibility index (Phi) is 7.78. The molecule has 1 N–H and O–H groups in total. The Morgan fingerprint density at radius 2 is 1.74 bits per heavy atom. The summed E-state index contributed by atoms with van der Waals surface area (Å²) in [5.74, 6) is 0.0784. The summed E-state index contributed by atoms with van der Waals surface area (Å²) in [7, 11) is 0. The predicted octanol–water partition coefficient (Wildman–Crippen LogP) is 5.87. The van der Waals surface area contributed by atoms with E-state index in [1.54, 1.807) is 6.20 Å². The number of benzene rings is 1. The van der Waals surface area contributed by atoms with Crippen LogP contribution in [0.2, 0.25) is 0 Å². The molecule has 1 amide bonds. The number of alkyl halides is 3. The Labute approximate surface area is 204 Å². The fourth-order valence-corrected chi connectivity index (χ4v) is 4.58. The van der Waals surface area contributed by atoms with Gasteiger partial charge in [-0.15, -0.1) is 0 Å². The molecule has 1 aliphatic heterocycles. The number of halogens is 3. The number of hydrogen-bond acceptors (Lipinski definition) is 4. The first-order valence-electron chi connectivity index (χ1n) is 12.1. The maximum Gasteiger partial charge on any atom is 0.417 e. The number of anilines is 1. The molecule has 0 spiro atoms. The van der Waals surface area contributed by atoms with Crippen LogP contribution in [0.5, 0.6) is 0 Å². The van der Waals surface area contributed by atoms with Crippen molar-refractivity contribution in [1.82, 2.24) is 14.8 Å². The molecule has 2 aromatic rings. The van der Waals surface area contributed by atoms with Crippen LogP contribution in [0.25, 0.3) is 0 Å². The Balaban J connectivity index is 1.27. The summed E-state index contributed by atoms with van der Waals surface area (Å²) in [4.78, 5) is 20.8. The highest BCUT2D eigenvalue weighted by atomic mass is 19.4. The number of aryl methyl sites for hydroxylation is 1. The van der Waals surface area contributed by atoms with Crippen molar-refractivity contribution in [2.24, 2.45) is 0 Å². The Morgan fingerprint density at radius 3 is 2.40 bits per heavy atom. The van der Waals surface area contributed by atoms with E-state index in [2.05, 4.69) is 23.0 Å². The van der Waals surface area contributed by atoms with Crippen LogP contribution in [0.4, 0.5) is 18.9 Å². The topological polar surface area (TPSA) is 48.5 Å². The van der Waals surface area contributed by atoms with E-state index in [0.717, 1.165) is 30.3 Å². The Morgan fingerprint density at radius 1 is 1.00 bits per heavy atom. The van der Waals surface area contributed by atoms with Gasteiger partial charge in [0.1, 0.15) is 0 Å². The van der Waals surface area contributed by atoms with Gasteiger partial charge in [0.05, 0.1) is 28.8 Å². The minimum atomic E-state index is -4.57. The van der Waals surface area contributed by atoms with Gasteiger partial charge >= 0.3 is 6.18 Å². The molecule has 2 heterocycles. The van der Waals surface area contributed by atoms with Gasteiger partial charge in [0.2, 0.25) is 0 Å². The fraction of sp³-hybridized carbons (Fsp3) is 0.407. The first kappa shape index (κ1) is 24.8. The summed E-state index contributed by atoms with van der Waals surface area (Å²) in [6.07, 6.45) is 6.56. The zero-order valence-corrected chi connectivity index (χ0v) is 19.8. The lowest BCUT2D eigenvalue weighted by Gasteiger charge is -2.37. The molecule has 4 rings (SSSR count). The molecule has 0 radical (unpaired) electrons. The van der Waals surface area contributed by atoms with Crippen molar-refractivity contribution in [3.05, 3.63) is 83.5 Å². The van der Waals surface area contributed by atoms with E-state index in [-0.39, 0.29) is 5.56 Å². The number of carbonyl (C=O) groups excluding carboxylic acids is 1. The molecule has 35 heavy (non-hydrogen) atoms. The van der Waals surface area contributed by atoms with Crippen molar-refractivity contribution in [2.75, 3.05) is 31.5 Å². The summed E-state index contributed by atoms with van der Waals surface area (Å²) < 4.78 is 39.9. The SMILES string of the molecule is C=C(Nc1ccc(CCC2=CCCCC2)nc1)N1CCN(C(=O)c2ccccc2C(F)(F)F)CC1. The molecule has 1 saturated heterocycles. The monoisotopic (exact) mass is 484 g/mol. The maximum atomic E-state index is 13.3. The third-order valence-electron chi connectivity index (χ3n) is 6.61. The number of nitrogens with zero attached hydrogens (tertiary/aromatic N) is 3. The van der Waals surface area contributed by atoms with Crippen molar-refractivity contribution in [3.8, 4) is 0 Å². The van der Waals surface area contributed by atoms with Gasteiger partial charge in [0, 0.05) is 31.9 Å². The van der Waals surface area contributed by atoms with Crippen molar-refractivity contribution in [3.63, 3.8) is 0 Å². The minimum Gasteiger partial charge on any atom is -0.355 e. The van der Waals surface area contributed by atoms with Crippen molar-refractivity contribution in [1.29, 1.82) is 0 Å². The van der Waals surface area contributed by atoms with Crippen molar-refractivity contribution >= 4 is 11.6 Å². The number of aromatic nitrogens is 1. The lowest BCUT2D eigenvalue weighted by atomic mass is 9.95. The number of amides is 1. The van der Waals surface area contributed by atoms with Crippen LogP contribution in [0, 0.1) is 0 Å². The lowest BCUT2D eigenvalue weighted by Crippen LogP contribution is -2.49. The molecule has 1 aromatic heterocycles. The molecular weight excluding hydrogens is 453 g/mol. The number of pyridine rings is 1. The van der Waals surface area contributed by atoms with E-state index in [1.807, 2.05) is 17.0 Å². The third kappa shape index (κ3) is 6.44. The summed E-state index contributed by atoms with van der Waals surface area (Å²) >= 11 is 0. The van der Waals surface area contributed by atoms with Crippen LogP contribution in [0.1, 0.15) is 53.7 Å². The smallest absolute Gasteiger partial charge is 0.355 e. The molecule has 8 heteroatoms. The third-order valence-corrected chi connectivity index (χ3v) is 6.61. The van der Waals surface area contributed by atoms with E-state index >= 15 is 0 Å². The summed E-state index contributed by atoms with van der Waals surface area (Å²) in [6, 6.07) is 8.94. The highest BCUT2D eigenvalue weighted by Crippen LogP contribution is 2.32. The van der Waals surface area contributed by atoms with Crippen LogP contribution in [-0.4, -0.2) is 46.9 Å². The van der Waals surface area contributed by atoms with E-state index < -0.39 is 17.6 Å². The number of allylic oxidation sites excluding steroid dienone is 2. The number of hydrogen-bond donors (Lipinski definition) is 1. The second-order valence-corrected chi connectivity index (χ2v) is 9.04. The number of rotatable bonds is 7. The molecular formula is C27H31F3N4O. The van der Waals surface area contributed by atoms with E-state index in [9.17, 15) is 18.0 Å². The van der Waals surface area contributed by atoms with E-state index in [1.165, 1.54) is 54.4 Å². The zero-order valence-electron chi connectivity index (χ0n) is 19.8. The molecule has 186 valence electrons. The molecule has 1 aromatic carbocycles. The van der Waals surface area contributed by atoms with Crippen LogP contribution in [-0.2, 0) is 12.6 Å². The lowest BCUT2D eigenvalue weighted by molar-refractivity contribution is -0.138. The fourth-order valence-electron chi connectivity index (χ4n) is 4.58. The van der Waals surface area contributed by atoms with Crippen LogP contribution >= 0.6 is 0 Å². The van der Waals surface area contributed by atoms with Gasteiger partial charge in [-0.1, -0.05) is 30.4 Å². The van der Waals surface area contributed by atoms with Crippen molar-refractivity contribution < 1.29 is 18.0 Å². The highest BCUT2D eigenvalue weighted by molar-refractivity contribution is 5.96. The van der Waals surface area contributed by atoms with Gasteiger partial charge in [0.25, 0.3) is 5.91 Å². The first-order valence-corrected chi connectivity index (χ1v) is 12.1. The highest BCUT2D eigenvalue weighted by Gasteiger charge is 2.36. The maximum absolute atomic E-state index is 13.3. The molecule has 5 nitrogen and oxygen atoms in total. The number of nitrogens with one attached hydrogen (secondary N) is 1. The van der Waals surface area contributed by atoms with Crippen LogP contribution in [0.3, 0.4) is 0 Å².